The predicted molar refractivity (Wildman–Crippen MR) is 185 cm³/mol. The van der Waals surface area contributed by atoms with Crippen LogP contribution >= 0.6 is 0 Å². The van der Waals surface area contributed by atoms with E-state index in [0.29, 0.717) is 18.0 Å². The molecule has 3 heterocycles. The Morgan fingerprint density at radius 3 is 2.30 bits per heavy atom. The van der Waals surface area contributed by atoms with Gasteiger partial charge in [0.2, 0.25) is 11.8 Å². The monoisotopic (exact) mass is 655 g/mol. The summed E-state index contributed by atoms with van der Waals surface area (Å²) < 4.78 is 36.3. The van der Waals surface area contributed by atoms with Crippen molar-refractivity contribution in [1.29, 1.82) is 0 Å². The van der Waals surface area contributed by atoms with E-state index in [9.17, 15) is 13.2 Å². The van der Waals surface area contributed by atoms with Crippen LogP contribution in [-0.4, -0.2) is 46.8 Å². The fraction of sp³-hybridized carbons (Fsp3) is 0.405. The summed E-state index contributed by atoms with van der Waals surface area (Å²) in [7, 11) is -4.16. The van der Waals surface area contributed by atoms with Gasteiger partial charge in [0.15, 0.2) is 0 Å². The molecule has 0 saturated heterocycles. The number of hydrogen-bond acceptors (Lipinski definition) is 7. The van der Waals surface area contributed by atoms with Crippen molar-refractivity contribution >= 4 is 21.9 Å². The quantitative estimate of drug-likeness (QED) is 0.228. The second-order valence-electron chi connectivity index (χ2n) is 14.1. The molecular formula is C37H45N5O4S. The first-order valence-corrected chi connectivity index (χ1v) is 17.6. The molecule has 0 aliphatic carbocycles. The molecule has 47 heavy (non-hydrogen) atoms. The number of rotatable bonds is 6. The maximum absolute atomic E-state index is 14.5. The number of aryl methyl sites for hydroxylation is 2. The molecule has 10 heteroatoms. The zero-order chi connectivity index (χ0) is 34.1. The molecule has 5 rings (SSSR count). The molecule has 1 amide bonds. The van der Waals surface area contributed by atoms with Gasteiger partial charge < -0.3 is 9.64 Å². The number of ether oxygens (including phenoxy) is 1. The minimum atomic E-state index is -4.16. The molecule has 4 bridgehead atoms. The van der Waals surface area contributed by atoms with Crippen molar-refractivity contribution in [3.8, 4) is 17.1 Å². The van der Waals surface area contributed by atoms with E-state index in [2.05, 4.69) is 56.2 Å². The molecule has 1 aliphatic heterocycles. The number of carbonyl (C=O) groups is 1. The number of nitrogens with zero attached hydrogens (tertiary/aromatic N) is 4. The van der Waals surface area contributed by atoms with Gasteiger partial charge in [-0.1, -0.05) is 71.9 Å². The lowest BCUT2D eigenvalue weighted by atomic mass is 9.87. The SMILES string of the molecule is Cc1cccc(C)c1-c1cc2nc(n1)NS(=O)(=O)c1cccc(c1)C(=O)N(Cc1cccc(C(C)C(C)C)n1)[C@H](CC(C)(C)C)CO2. The molecule has 4 aromatic rings. The molecule has 2 aromatic carbocycles. The van der Waals surface area contributed by atoms with E-state index in [4.69, 9.17) is 9.72 Å². The van der Waals surface area contributed by atoms with E-state index in [0.717, 1.165) is 28.1 Å². The Hall–Kier alpha value is -4.31. The van der Waals surface area contributed by atoms with Crippen LogP contribution in [0.5, 0.6) is 5.88 Å². The van der Waals surface area contributed by atoms with Gasteiger partial charge in [-0.15, -0.1) is 0 Å². The lowest BCUT2D eigenvalue weighted by Gasteiger charge is -2.35. The molecule has 0 spiro atoms. The van der Waals surface area contributed by atoms with Crippen LogP contribution in [0, 0.1) is 25.2 Å². The fourth-order valence-corrected chi connectivity index (χ4v) is 6.89. The third-order valence-electron chi connectivity index (χ3n) is 8.66. The van der Waals surface area contributed by atoms with Gasteiger partial charge >= 0.3 is 0 Å². The first-order chi connectivity index (χ1) is 22.1. The minimum Gasteiger partial charge on any atom is -0.475 e. The van der Waals surface area contributed by atoms with Crippen LogP contribution in [0.4, 0.5) is 5.95 Å². The smallest absolute Gasteiger partial charge is 0.264 e. The number of carbonyl (C=O) groups excluding carboxylic acids is 1. The van der Waals surface area contributed by atoms with Gasteiger partial charge in [0.1, 0.15) is 6.61 Å². The van der Waals surface area contributed by atoms with E-state index in [-0.39, 0.29) is 52.7 Å². The molecule has 248 valence electrons. The summed E-state index contributed by atoms with van der Waals surface area (Å²) in [5.74, 6) is 0.426. The van der Waals surface area contributed by atoms with Gasteiger partial charge in [-0.2, -0.15) is 4.98 Å². The number of anilines is 1. The molecule has 1 aliphatic rings. The van der Waals surface area contributed by atoms with Crippen LogP contribution in [0.2, 0.25) is 0 Å². The molecule has 1 N–H and O–H groups in total. The van der Waals surface area contributed by atoms with E-state index in [1.165, 1.54) is 12.1 Å². The van der Waals surface area contributed by atoms with Gasteiger partial charge in [-0.25, -0.2) is 18.1 Å². The largest absolute Gasteiger partial charge is 0.475 e. The predicted octanol–water partition coefficient (Wildman–Crippen LogP) is 7.56. The van der Waals surface area contributed by atoms with Crippen molar-refractivity contribution in [2.45, 2.75) is 85.2 Å². The fourth-order valence-electron chi connectivity index (χ4n) is 5.90. The average Bonchev–Trinajstić information content (AvgIpc) is 3.00. The maximum Gasteiger partial charge on any atom is 0.264 e. The standard InChI is InChI=1S/C37H45N5O4S/c1-23(2)26(5)31-17-11-15-28(38-31)21-42-29(20-37(6,7)8)22-46-33-19-32(34-24(3)12-9-13-25(34)4)39-36(40-33)41-47(44,45)30-16-10-14-27(18-30)35(42)43/h9-19,23,26,29H,20-22H2,1-8H3,(H,39,40,41)/t26?,29-/m1/s1. The van der Waals surface area contributed by atoms with Crippen LogP contribution in [0.15, 0.2) is 71.6 Å². The first kappa shape index (κ1) is 34.0. The number of nitrogens with one attached hydrogen (secondary N) is 1. The Kier molecular flexibility index (Phi) is 9.73. The maximum atomic E-state index is 14.5. The Labute approximate surface area is 278 Å². The summed E-state index contributed by atoms with van der Waals surface area (Å²) in [4.78, 5) is 30.2. The molecule has 1 unspecified atom stereocenters. The van der Waals surface area contributed by atoms with E-state index in [1.807, 2.05) is 50.2 Å². The summed E-state index contributed by atoms with van der Waals surface area (Å²) in [6.07, 6.45) is 0.610. The highest BCUT2D eigenvalue weighted by molar-refractivity contribution is 7.92. The summed E-state index contributed by atoms with van der Waals surface area (Å²) in [5.41, 5.74) is 5.17. The molecule has 9 nitrogen and oxygen atoms in total. The lowest BCUT2D eigenvalue weighted by molar-refractivity contribution is 0.0509. The van der Waals surface area contributed by atoms with Crippen LogP contribution in [-0.2, 0) is 16.6 Å². The third-order valence-corrected chi connectivity index (χ3v) is 9.98. The van der Waals surface area contributed by atoms with Gasteiger partial charge in [0, 0.05) is 28.8 Å². The normalized spacial score (nSPS) is 17.2. The van der Waals surface area contributed by atoms with Crippen LogP contribution in [0.3, 0.4) is 0 Å². The summed E-state index contributed by atoms with van der Waals surface area (Å²) in [6, 6.07) is 19.3. The van der Waals surface area contributed by atoms with Crippen molar-refractivity contribution in [1.82, 2.24) is 19.9 Å². The Morgan fingerprint density at radius 1 is 0.936 bits per heavy atom. The molecule has 0 saturated carbocycles. The van der Waals surface area contributed by atoms with Crippen molar-refractivity contribution < 1.29 is 17.9 Å². The van der Waals surface area contributed by atoms with Crippen molar-refractivity contribution in [2.24, 2.45) is 11.3 Å². The summed E-state index contributed by atoms with van der Waals surface area (Å²) in [5, 5.41) is 0. The van der Waals surface area contributed by atoms with Gasteiger partial charge in [-0.05, 0) is 73.1 Å². The topological polar surface area (TPSA) is 114 Å². The zero-order valence-electron chi connectivity index (χ0n) is 28.5. The Morgan fingerprint density at radius 2 is 1.62 bits per heavy atom. The number of amides is 1. The molecular weight excluding hydrogens is 611 g/mol. The van der Waals surface area contributed by atoms with Crippen LogP contribution in [0.1, 0.15) is 86.8 Å². The molecule has 2 aromatic heterocycles. The van der Waals surface area contributed by atoms with E-state index >= 15 is 0 Å². The number of hydrogen-bond donors (Lipinski definition) is 1. The number of fused-ring (bicyclic) bond motifs is 4. The highest BCUT2D eigenvalue weighted by atomic mass is 32.2. The number of aromatic nitrogens is 3. The lowest BCUT2D eigenvalue weighted by Crippen LogP contribution is -2.45. The van der Waals surface area contributed by atoms with Crippen molar-refractivity contribution in [3.63, 3.8) is 0 Å². The Bertz CT molecular complexity index is 1860. The highest BCUT2D eigenvalue weighted by Gasteiger charge is 2.32. The third kappa shape index (κ3) is 7.99. The second-order valence-corrected chi connectivity index (χ2v) is 15.7. The molecule has 2 atom stereocenters. The average molecular weight is 656 g/mol. The summed E-state index contributed by atoms with van der Waals surface area (Å²) in [6.45, 7) is 17.2. The van der Waals surface area contributed by atoms with Gasteiger partial charge in [-0.3, -0.25) is 9.78 Å². The van der Waals surface area contributed by atoms with Gasteiger partial charge in [0.05, 0.1) is 28.9 Å². The first-order valence-electron chi connectivity index (χ1n) is 16.1. The number of benzene rings is 2. The minimum absolute atomic E-state index is 0.0654. The molecule has 0 fully saturated rings. The Balaban J connectivity index is 1.66. The van der Waals surface area contributed by atoms with E-state index < -0.39 is 16.1 Å². The molecule has 0 radical (unpaired) electrons. The zero-order valence-corrected chi connectivity index (χ0v) is 29.4. The summed E-state index contributed by atoms with van der Waals surface area (Å²) >= 11 is 0. The van der Waals surface area contributed by atoms with Crippen LogP contribution < -0.4 is 9.46 Å². The van der Waals surface area contributed by atoms with Crippen molar-refractivity contribution in [2.75, 3.05) is 11.3 Å². The van der Waals surface area contributed by atoms with Crippen molar-refractivity contribution in [3.05, 3.63) is 94.8 Å². The van der Waals surface area contributed by atoms with Gasteiger partial charge in [0.25, 0.3) is 15.9 Å². The number of pyridine rings is 1. The van der Waals surface area contributed by atoms with E-state index in [1.54, 1.807) is 23.1 Å². The number of sulfonamides is 1. The second kappa shape index (κ2) is 13.4. The van der Waals surface area contributed by atoms with Crippen LogP contribution in [0.25, 0.3) is 11.3 Å². The highest BCUT2D eigenvalue weighted by Crippen LogP contribution is 2.32.